The Balaban J connectivity index is 2.13. The molecule has 0 bridgehead atoms. The van der Waals surface area contributed by atoms with Crippen LogP contribution >= 0.6 is 11.6 Å². The summed E-state index contributed by atoms with van der Waals surface area (Å²) in [4.78, 5) is 0.0401. The van der Waals surface area contributed by atoms with Gasteiger partial charge in [-0.2, -0.15) is 0 Å². The van der Waals surface area contributed by atoms with Crippen molar-refractivity contribution in [2.45, 2.75) is 24.3 Å². The molecule has 0 fully saturated rings. The smallest absolute Gasteiger partial charge is 0.242 e. The summed E-state index contributed by atoms with van der Waals surface area (Å²) in [5.74, 6) is 0. The molecule has 0 saturated heterocycles. The van der Waals surface area contributed by atoms with E-state index in [1.165, 1.54) is 18.2 Å². The lowest BCUT2D eigenvalue weighted by atomic mass is 10.1. The first-order valence-electron chi connectivity index (χ1n) is 6.50. The first-order chi connectivity index (χ1) is 9.88. The first kappa shape index (κ1) is 15.8. The van der Waals surface area contributed by atoms with Gasteiger partial charge in [0, 0.05) is 11.7 Å². The third kappa shape index (κ3) is 4.20. The van der Waals surface area contributed by atoms with E-state index in [4.69, 9.17) is 17.3 Å². The Hall–Kier alpha value is -1.56. The molecule has 0 amide bonds. The van der Waals surface area contributed by atoms with Gasteiger partial charge in [-0.25, -0.2) is 13.1 Å². The van der Waals surface area contributed by atoms with Gasteiger partial charge >= 0.3 is 0 Å². The normalized spacial score (nSPS) is 13.0. The molecule has 1 unspecified atom stereocenters. The fraction of sp³-hybridized carbons (Fsp3) is 0.200. The lowest BCUT2D eigenvalue weighted by Crippen LogP contribution is -2.34. The number of nitrogen functional groups attached to an aromatic ring is 1. The third-order valence-electron chi connectivity index (χ3n) is 2.99. The zero-order chi connectivity index (χ0) is 15.5. The van der Waals surface area contributed by atoms with E-state index in [0.717, 1.165) is 5.56 Å². The molecule has 0 heterocycles. The van der Waals surface area contributed by atoms with Gasteiger partial charge in [0.2, 0.25) is 10.0 Å². The summed E-state index contributed by atoms with van der Waals surface area (Å²) in [7, 11) is -3.66. The highest BCUT2D eigenvalue weighted by Crippen LogP contribution is 2.23. The van der Waals surface area contributed by atoms with Crippen LogP contribution in [0.1, 0.15) is 12.5 Å². The third-order valence-corrected chi connectivity index (χ3v) is 5.06. The quantitative estimate of drug-likeness (QED) is 0.831. The number of sulfonamides is 1. The highest BCUT2D eigenvalue weighted by Gasteiger charge is 2.20. The molecule has 112 valence electrons. The van der Waals surface area contributed by atoms with Crippen molar-refractivity contribution < 1.29 is 8.42 Å². The second kappa shape index (κ2) is 6.47. The Labute approximate surface area is 130 Å². The summed E-state index contributed by atoms with van der Waals surface area (Å²) in [6.45, 7) is 1.82. The number of nitrogens with one attached hydrogen (secondary N) is 1. The lowest BCUT2D eigenvalue weighted by molar-refractivity contribution is 0.560. The highest BCUT2D eigenvalue weighted by molar-refractivity contribution is 7.89. The molecule has 21 heavy (non-hydrogen) atoms. The molecule has 0 spiro atoms. The molecule has 0 aliphatic carbocycles. The van der Waals surface area contributed by atoms with E-state index in [1.807, 2.05) is 37.3 Å². The van der Waals surface area contributed by atoms with Gasteiger partial charge in [0.05, 0.1) is 5.02 Å². The maximum Gasteiger partial charge on any atom is 0.242 e. The number of benzene rings is 2. The van der Waals surface area contributed by atoms with Crippen LogP contribution in [0.2, 0.25) is 5.02 Å². The molecule has 2 aromatic carbocycles. The van der Waals surface area contributed by atoms with Gasteiger partial charge in [0.1, 0.15) is 4.90 Å². The summed E-state index contributed by atoms with van der Waals surface area (Å²) in [6.07, 6.45) is 0.604. The monoisotopic (exact) mass is 324 g/mol. The van der Waals surface area contributed by atoms with Gasteiger partial charge in [0.15, 0.2) is 0 Å². The van der Waals surface area contributed by atoms with Gasteiger partial charge in [-0.05, 0) is 37.1 Å². The minimum atomic E-state index is -3.66. The number of halogens is 1. The molecule has 6 heteroatoms. The topological polar surface area (TPSA) is 72.2 Å². The first-order valence-corrected chi connectivity index (χ1v) is 8.36. The molecular weight excluding hydrogens is 308 g/mol. The van der Waals surface area contributed by atoms with Crippen LogP contribution < -0.4 is 10.5 Å². The van der Waals surface area contributed by atoms with Gasteiger partial charge in [-0.15, -0.1) is 0 Å². The van der Waals surface area contributed by atoms with Crippen molar-refractivity contribution in [1.82, 2.24) is 4.72 Å². The summed E-state index contributed by atoms with van der Waals surface area (Å²) >= 11 is 5.96. The van der Waals surface area contributed by atoms with Gasteiger partial charge in [-0.3, -0.25) is 0 Å². The molecule has 0 aromatic heterocycles. The van der Waals surface area contributed by atoms with Crippen LogP contribution in [0.5, 0.6) is 0 Å². The van der Waals surface area contributed by atoms with Crippen molar-refractivity contribution in [3.63, 3.8) is 0 Å². The Bertz CT molecular complexity index is 718. The Morgan fingerprint density at radius 2 is 1.86 bits per heavy atom. The standard InChI is InChI=1S/C15H17ClN2O2S/c1-11(9-12-5-3-2-4-6-12)18-21(19,20)15-8-7-13(17)10-14(15)16/h2-8,10-11,18H,9,17H2,1H3. The summed E-state index contributed by atoms with van der Waals surface area (Å²) in [5, 5.41) is 0.120. The van der Waals surface area contributed by atoms with Crippen molar-refractivity contribution in [3.8, 4) is 0 Å². The van der Waals surface area contributed by atoms with Gasteiger partial charge in [-0.1, -0.05) is 41.9 Å². The Morgan fingerprint density at radius 1 is 1.19 bits per heavy atom. The lowest BCUT2D eigenvalue weighted by Gasteiger charge is -2.15. The van der Waals surface area contributed by atoms with E-state index < -0.39 is 10.0 Å². The zero-order valence-corrected chi connectivity index (χ0v) is 13.2. The van der Waals surface area contributed by atoms with Crippen LogP contribution in [-0.4, -0.2) is 14.5 Å². The van der Waals surface area contributed by atoms with Crippen molar-refractivity contribution in [2.75, 3.05) is 5.73 Å². The van der Waals surface area contributed by atoms with Crippen LogP contribution in [0.15, 0.2) is 53.4 Å². The van der Waals surface area contributed by atoms with E-state index in [9.17, 15) is 8.42 Å². The van der Waals surface area contributed by atoms with E-state index >= 15 is 0 Å². The van der Waals surface area contributed by atoms with Crippen LogP contribution in [-0.2, 0) is 16.4 Å². The fourth-order valence-electron chi connectivity index (χ4n) is 2.07. The maximum absolute atomic E-state index is 12.3. The van der Waals surface area contributed by atoms with Crippen LogP contribution in [0.3, 0.4) is 0 Å². The molecule has 3 N–H and O–H groups in total. The molecular formula is C15H17ClN2O2S. The number of rotatable bonds is 5. The number of anilines is 1. The van der Waals surface area contributed by atoms with Gasteiger partial charge in [0.25, 0.3) is 0 Å². The molecule has 2 aromatic rings. The minimum Gasteiger partial charge on any atom is -0.399 e. The zero-order valence-electron chi connectivity index (χ0n) is 11.6. The fourth-order valence-corrected chi connectivity index (χ4v) is 3.87. The Morgan fingerprint density at radius 3 is 2.48 bits per heavy atom. The van der Waals surface area contributed by atoms with E-state index in [-0.39, 0.29) is 16.0 Å². The number of hydrogen-bond acceptors (Lipinski definition) is 3. The summed E-state index contributed by atoms with van der Waals surface area (Å²) in [5.41, 5.74) is 7.07. The molecule has 4 nitrogen and oxygen atoms in total. The molecule has 0 saturated carbocycles. The molecule has 0 radical (unpaired) electrons. The minimum absolute atomic E-state index is 0.0401. The van der Waals surface area contributed by atoms with Crippen molar-refractivity contribution >= 4 is 27.3 Å². The largest absolute Gasteiger partial charge is 0.399 e. The molecule has 1 atom stereocenters. The van der Waals surface area contributed by atoms with Crippen LogP contribution in [0, 0.1) is 0 Å². The number of nitrogens with two attached hydrogens (primary N) is 1. The Kier molecular flexibility index (Phi) is 4.88. The second-order valence-electron chi connectivity index (χ2n) is 4.90. The summed E-state index contributed by atoms with van der Waals surface area (Å²) in [6, 6.07) is 13.8. The van der Waals surface area contributed by atoms with E-state index in [1.54, 1.807) is 0 Å². The second-order valence-corrected chi connectivity index (χ2v) is 6.99. The summed E-state index contributed by atoms with van der Waals surface area (Å²) < 4.78 is 27.3. The SMILES string of the molecule is CC(Cc1ccccc1)NS(=O)(=O)c1ccc(N)cc1Cl. The van der Waals surface area contributed by atoms with E-state index in [2.05, 4.69) is 4.72 Å². The van der Waals surface area contributed by atoms with E-state index in [0.29, 0.717) is 12.1 Å². The van der Waals surface area contributed by atoms with Crippen molar-refractivity contribution in [1.29, 1.82) is 0 Å². The predicted octanol–water partition coefficient (Wildman–Crippen LogP) is 2.83. The van der Waals surface area contributed by atoms with Gasteiger partial charge < -0.3 is 5.73 Å². The average molecular weight is 325 g/mol. The van der Waals surface area contributed by atoms with Crippen molar-refractivity contribution in [2.24, 2.45) is 0 Å². The predicted molar refractivity (Wildman–Crippen MR) is 85.8 cm³/mol. The molecule has 0 aliphatic heterocycles. The van der Waals surface area contributed by atoms with Crippen molar-refractivity contribution in [3.05, 3.63) is 59.1 Å². The average Bonchev–Trinajstić information content (AvgIpc) is 2.38. The van der Waals surface area contributed by atoms with Crippen LogP contribution in [0.25, 0.3) is 0 Å². The maximum atomic E-state index is 12.3. The highest BCUT2D eigenvalue weighted by atomic mass is 35.5. The molecule has 0 aliphatic rings. The number of hydrogen-bond donors (Lipinski definition) is 2. The van der Waals surface area contributed by atoms with Crippen LogP contribution in [0.4, 0.5) is 5.69 Å². The molecule has 2 rings (SSSR count).